The van der Waals surface area contributed by atoms with Crippen LogP contribution in [0.1, 0.15) is 197 Å². The molecule has 5 fully saturated rings. The molecule has 5 aliphatic carbocycles. The zero-order valence-corrected chi connectivity index (χ0v) is 35.7. The highest BCUT2D eigenvalue weighted by Gasteiger charge is 2.82. The average molecular weight is 715 g/mol. The summed E-state index contributed by atoms with van der Waals surface area (Å²) in [7, 11) is 0. The predicted octanol–water partition coefficient (Wildman–Crippen LogP) is 14.9. The van der Waals surface area contributed by atoms with Crippen LogP contribution in [0.3, 0.4) is 0 Å². The fourth-order valence-electron chi connectivity index (χ4n) is 13.6. The highest BCUT2D eigenvalue weighted by atomic mass is 16.5. The highest BCUT2D eigenvalue weighted by Crippen LogP contribution is 2.89. The Morgan fingerprint density at radius 3 is 2.13 bits per heavy atom. The Kier molecular flexibility index (Phi) is 13.3. The summed E-state index contributed by atoms with van der Waals surface area (Å²) in [6.07, 6.45) is 39.4. The van der Waals surface area contributed by atoms with Crippen LogP contribution in [-0.4, -0.2) is 12.1 Å². The van der Waals surface area contributed by atoms with Crippen molar-refractivity contribution in [2.45, 2.75) is 203 Å². The molecule has 0 aromatic heterocycles. The van der Waals surface area contributed by atoms with Gasteiger partial charge >= 0.3 is 5.97 Å². The Labute approximate surface area is 322 Å². The molecule has 2 spiro atoms. The lowest BCUT2D eigenvalue weighted by atomic mass is 9.41. The van der Waals surface area contributed by atoms with E-state index in [0.717, 1.165) is 56.3 Å². The van der Waals surface area contributed by atoms with Crippen molar-refractivity contribution in [3.8, 4) is 0 Å². The maximum Gasteiger partial charge on any atom is 0.306 e. The van der Waals surface area contributed by atoms with Gasteiger partial charge in [-0.3, -0.25) is 4.79 Å². The number of rotatable bonds is 19. The molecule has 0 saturated heterocycles. The molecular formula is C50H82O2. The van der Waals surface area contributed by atoms with Gasteiger partial charge in [-0.05, 0) is 167 Å². The number of hydrogen-bond donors (Lipinski definition) is 0. The van der Waals surface area contributed by atoms with Crippen molar-refractivity contribution >= 4 is 5.97 Å². The number of carbonyl (C=O) groups is 1. The van der Waals surface area contributed by atoms with Crippen molar-refractivity contribution in [3.05, 3.63) is 48.6 Å². The van der Waals surface area contributed by atoms with Crippen LogP contribution in [0.25, 0.3) is 0 Å². The molecule has 5 rings (SSSR count). The molecule has 5 saturated carbocycles. The van der Waals surface area contributed by atoms with Crippen molar-refractivity contribution in [1.82, 2.24) is 0 Å². The summed E-state index contributed by atoms with van der Waals surface area (Å²) in [6, 6.07) is 0. The predicted molar refractivity (Wildman–Crippen MR) is 223 cm³/mol. The largest absolute Gasteiger partial charge is 0.462 e. The van der Waals surface area contributed by atoms with Crippen LogP contribution in [0.4, 0.5) is 0 Å². The molecule has 0 radical (unpaired) electrons. The van der Waals surface area contributed by atoms with E-state index in [9.17, 15) is 4.79 Å². The van der Waals surface area contributed by atoms with E-state index < -0.39 is 0 Å². The van der Waals surface area contributed by atoms with Gasteiger partial charge in [0.05, 0.1) is 0 Å². The monoisotopic (exact) mass is 715 g/mol. The quantitative estimate of drug-likeness (QED) is 0.0756. The van der Waals surface area contributed by atoms with Crippen molar-refractivity contribution in [1.29, 1.82) is 0 Å². The van der Waals surface area contributed by atoms with Gasteiger partial charge in [-0.2, -0.15) is 0 Å². The van der Waals surface area contributed by atoms with Crippen LogP contribution in [0.15, 0.2) is 48.6 Å². The summed E-state index contributed by atoms with van der Waals surface area (Å²) >= 11 is 0. The van der Waals surface area contributed by atoms with Gasteiger partial charge in [-0.1, -0.05) is 123 Å². The molecule has 0 aromatic carbocycles. The van der Waals surface area contributed by atoms with Crippen LogP contribution in [0.2, 0.25) is 0 Å². The maximum atomic E-state index is 13.2. The van der Waals surface area contributed by atoms with Crippen molar-refractivity contribution in [3.63, 3.8) is 0 Å². The Morgan fingerprint density at radius 1 is 0.788 bits per heavy atom. The smallest absolute Gasteiger partial charge is 0.306 e. The van der Waals surface area contributed by atoms with Gasteiger partial charge in [0.2, 0.25) is 0 Å². The molecule has 0 aromatic rings. The zero-order chi connectivity index (χ0) is 37.8. The van der Waals surface area contributed by atoms with Crippen LogP contribution < -0.4 is 0 Å². The number of esters is 1. The minimum atomic E-state index is 0.0630. The van der Waals surface area contributed by atoms with E-state index >= 15 is 0 Å². The van der Waals surface area contributed by atoms with E-state index in [1.165, 1.54) is 95.5 Å². The van der Waals surface area contributed by atoms with Crippen molar-refractivity contribution < 1.29 is 9.53 Å². The van der Waals surface area contributed by atoms with Crippen LogP contribution in [0.5, 0.6) is 0 Å². The van der Waals surface area contributed by atoms with Gasteiger partial charge in [0.25, 0.3) is 0 Å². The number of unbranched alkanes of at least 4 members (excludes halogenated alkanes) is 5. The molecule has 9 atom stereocenters. The fourth-order valence-corrected chi connectivity index (χ4v) is 13.6. The van der Waals surface area contributed by atoms with Gasteiger partial charge < -0.3 is 4.74 Å². The Morgan fingerprint density at radius 2 is 1.42 bits per heavy atom. The number of allylic oxidation sites excluding steroid dienone is 7. The molecule has 0 bridgehead atoms. The molecule has 52 heavy (non-hydrogen) atoms. The SMILES string of the molecule is C=C(C)C(C)(C)CCC(C)C1CCC2(C)C3CCC4C(C)(C)C(OC(=O)CCCCCCCC=CCC=CCC=CCC)CCC45CC35CCC12C. The first-order valence-corrected chi connectivity index (χ1v) is 22.4. The molecule has 5 aliphatic rings. The van der Waals surface area contributed by atoms with E-state index in [-0.39, 0.29) is 22.9 Å². The van der Waals surface area contributed by atoms with E-state index in [1.54, 1.807) is 0 Å². The standard InChI is InChI=1S/C50H82O2/c1-11-12-13-14-15-16-17-18-19-20-21-22-23-24-25-26-44(51)52-43-31-34-49-37-50(49)36-35-47(9)40(39(4)29-32-45(5,6)38(2)3)30-33-48(47,10)42(50)28-27-41(49)46(43,7)8/h12-13,15-16,18-19,39-43H,2,11,14,17,20-37H2,1,3-10H3. The minimum absolute atomic E-state index is 0.0630. The summed E-state index contributed by atoms with van der Waals surface area (Å²) in [5.41, 5.74) is 3.63. The Balaban J connectivity index is 1.06. The number of fused-ring (bicyclic) bond motifs is 2. The van der Waals surface area contributed by atoms with Gasteiger partial charge in [-0.25, -0.2) is 0 Å². The Hall–Kier alpha value is -1.57. The molecule has 0 amide bonds. The summed E-state index contributed by atoms with van der Waals surface area (Å²) in [5.74, 6) is 3.28. The second-order valence-electron chi connectivity index (χ2n) is 20.8. The normalized spacial score (nSPS) is 37.1. The highest BCUT2D eigenvalue weighted by molar-refractivity contribution is 5.69. The van der Waals surface area contributed by atoms with Crippen LogP contribution >= 0.6 is 0 Å². The Bertz CT molecular complexity index is 1310. The first-order valence-electron chi connectivity index (χ1n) is 22.4. The first-order chi connectivity index (χ1) is 24.6. The lowest BCUT2D eigenvalue weighted by molar-refractivity contribution is -0.183. The van der Waals surface area contributed by atoms with Crippen LogP contribution in [0, 0.1) is 56.2 Å². The molecule has 2 heteroatoms. The number of carbonyl (C=O) groups excluding carboxylic acids is 1. The number of ether oxygens (including phenoxy) is 1. The summed E-state index contributed by atoms with van der Waals surface area (Å²) in [5, 5.41) is 0. The van der Waals surface area contributed by atoms with Gasteiger partial charge in [0.15, 0.2) is 0 Å². The van der Waals surface area contributed by atoms with E-state index in [4.69, 9.17) is 4.74 Å². The lowest BCUT2D eigenvalue weighted by Crippen LogP contribution is -2.58. The molecular weight excluding hydrogens is 633 g/mol. The topological polar surface area (TPSA) is 26.3 Å². The third-order valence-electron chi connectivity index (χ3n) is 17.5. The molecule has 294 valence electrons. The van der Waals surface area contributed by atoms with Crippen molar-refractivity contribution in [2.75, 3.05) is 0 Å². The summed E-state index contributed by atoms with van der Waals surface area (Å²) in [6.45, 7) is 26.6. The molecule has 9 unspecified atom stereocenters. The fraction of sp³-hybridized carbons (Fsp3) is 0.820. The molecule has 2 nitrogen and oxygen atoms in total. The second-order valence-corrected chi connectivity index (χ2v) is 20.8. The van der Waals surface area contributed by atoms with E-state index in [2.05, 4.69) is 105 Å². The third-order valence-corrected chi connectivity index (χ3v) is 17.5. The summed E-state index contributed by atoms with van der Waals surface area (Å²) in [4.78, 5) is 13.2. The molecule has 0 aliphatic heterocycles. The second kappa shape index (κ2) is 16.7. The van der Waals surface area contributed by atoms with Gasteiger partial charge in [0, 0.05) is 11.8 Å². The third kappa shape index (κ3) is 7.90. The van der Waals surface area contributed by atoms with Gasteiger partial charge in [-0.15, -0.1) is 0 Å². The minimum Gasteiger partial charge on any atom is -0.462 e. The maximum absolute atomic E-state index is 13.2. The number of hydrogen-bond acceptors (Lipinski definition) is 2. The van der Waals surface area contributed by atoms with Crippen LogP contribution in [-0.2, 0) is 9.53 Å². The van der Waals surface area contributed by atoms with E-state index in [0.29, 0.717) is 34.0 Å². The van der Waals surface area contributed by atoms with E-state index in [1.807, 2.05) is 0 Å². The summed E-state index contributed by atoms with van der Waals surface area (Å²) < 4.78 is 6.42. The zero-order valence-electron chi connectivity index (χ0n) is 35.7. The average Bonchev–Trinajstić information content (AvgIpc) is 3.68. The van der Waals surface area contributed by atoms with Crippen molar-refractivity contribution in [2.24, 2.45) is 56.2 Å². The molecule has 0 N–H and O–H groups in total. The van der Waals surface area contributed by atoms with Gasteiger partial charge in [0.1, 0.15) is 6.10 Å². The molecule has 0 heterocycles. The first kappa shape index (κ1) is 41.6. The lowest BCUT2D eigenvalue weighted by Gasteiger charge is -2.63.